The van der Waals surface area contributed by atoms with Crippen molar-refractivity contribution in [3.63, 3.8) is 0 Å². The molecule has 4 nitrogen and oxygen atoms in total. The highest BCUT2D eigenvalue weighted by Gasteiger charge is 2.14. The van der Waals surface area contributed by atoms with Crippen molar-refractivity contribution in [2.75, 3.05) is 14.1 Å². The van der Waals surface area contributed by atoms with E-state index < -0.39 is 0 Å². The van der Waals surface area contributed by atoms with Gasteiger partial charge >= 0.3 is 0 Å². The minimum absolute atomic E-state index is 0.0223. The van der Waals surface area contributed by atoms with E-state index in [1.807, 2.05) is 44.1 Å². The van der Waals surface area contributed by atoms with Gasteiger partial charge in [-0.3, -0.25) is 9.78 Å². The lowest BCUT2D eigenvalue weighted by Crippen LogP contribution is -2.02. The molecule has 0 aliphatic carbocycles. The molecule has 0 unspecified atom stereocenters. The largest absolute Gasteiger partial charge is 0.383 e. The normalized spacial score (nSPS) is 10.9. The molecule has 2 aromatic rings. The van der Waals surface area contributed by atoms with Gasteiger partial charge in [-0.1, -0.05) is 6.07 Å². The summed E-state index contributed by atoms with van der Waals surface area (Å²) in [6.45, 7) is 1.85. The lowest BCUT2D eigenvalue weighted by Gasteiger charge is -2.01. The van der Waals surface area contributed by atoms with Crippen molar-refractivity contribution in [1.29, 1.82) is 0 Å². The zero-order valence-corrected chi connectivity index (χ0v) is 11.9. The minimum Gasteiger partial charge on any atom is -0.383 e. The lowest BCUT2D eigenvalue weighted by molar-refractivity contribution is 0.104. The third-order valence-corrected chi connectivity index (χ3v) is 3.62. The third-order valence-electron chi connectivity index (χ3n) is 2.43. The maximum atomic E-state index is 12.1. The number of ketones is 1. The highest BCUT2D eigenvalue weighted by Crippen LogP contribution is 2.26. The van der Waals surface area contributed by atoms with E-state index in [0.29, 0.717) is 4.88 Å². The maximum Gasteiger partial charge on any atom is 0.199 e. The molecule has 5 heteroatoms. The smallest absolute Gasteiger partial charge is 0.199 e. The third kappa shape index (κ3) is 3.26. The molecule has 2 heterocycles. The van der Waals surface area contributed by atoms with Gasteiger partial charge < -0.3 is 4.90 Å². The summed E-state index contributed by atoms with van der Waals surface area (Å²) in [6, 6.07) is 5.66. The number of pyridine rings is 1. The summed E-state index contributed by atoms with van der Waals surface area (Å²) >= 11 is 1.38. The summed E-state index contributed by atoms with van der Waals surface area (Å²) in [4.78, 5) is 23.2. The number of carbonyl (C=O) groups excluding carboxylic acids is 1. The van der Waals surface area contributed by atoms with Crippen LogP contribution in [-0.2, 0) is 0 Å². The molecule has 0 saturated carbocycles. The highest BCUT2D eigenvalue weighted by molar-refractivity contribution is 7.17. The van der Waals surface area contributed by atoms with Gasteiger partial charge in [0.25, 0.3) is 0 Å². The molecule has 2 rings (SSSR count). The van der Waals surface area contributed by atoms with Gasteiger partial charge in [-0.2, -0.15) is 0 Å². The van der Waals surface area contributed by atoms with E-state index >= 15 is 0 Å². The van der Waals surface area contributed by atoms with Gasteiger partial charge in [-0.05, 0) is 19.1 Å². The second kappa shape index (κ2) is 5.75. The first-order valence-corrected chi connectivity index (χ1v) is 6.67. The first-order valence-electron chi connectivity index (χ1n) is 5.85. The van der Waals surface area contributed by atoms with Crippen molar-refractivity contribution in [3.8, 4) is 10.7 Å². The fourth-order valence-corrected chi connectivity index (χ4v) is 2.48. The highest BCUT2D eigenvalue weighted by atomic mass is 32.1. The average molecular weight is 273 g/mol. The zero-order valence-electron chi connectivity index (χ0n) is 11.1. The molecule has 0 fully saturated rings. The van der Waals surface area contributed by atoms with Crippen molar-refractivity contribution >= 4 is 17.1 Å². The number of aryl methyl sites for hydroxylation is 1. The summed E-state index contributed by atoms with van der Waals surface area (Å²) < 4.78 is 0. The van der Waals surface area contributed by atoms with E-state index in [2.05, 4.69) is 9.97 Å². The van der Waals surface area contributed by atoms with Crippen LogP contribution >= 0.6 is 11.3 Å². The van der Waals surface area contributed by atoms with Crippen molar-refractivity contribution in [2.24, 2.45) is 0 Å². The Labute approximate surface area is 116 Å². The quantitative estimate of drug-likeness (QED) is 0.635. The summed E-state index contributed by atoms with van der Waals surface area (Å²) in [7, 11) is 3.76. The fourth-order valence-electron chi connectivity index (χ4n) is 1.52. The Morgan fingerprint density at radius 1 is 1.37 bits per heavy atom. The molecule has 0 aliphatic heterocycles. The molecule has 98 valence electrons. The van der Waals surface area contributed by atoms with E-state index in [9.17, 15) is 4.79 Å². The number of allylic oxidation sites excluding steroid dienone is 1. The Kier molecular flexibility index (Phi) is 4.06. The predicted octanol–water partition coefficient (Wildman–Crippen LogP) is 2.77. The van der Waals surface area contributed by atoms with Gasteiger partial charge in [0.05, 0.1) is 16.3 Å². The molecule has 0 saturated heterocycles. The molecule has 0 bridgehead atoms. The molecular formula is C14H15N3OS. The molecule has 19 heavy (non-hydrogen) atoms. The monoisotopic (exact) mass is 273 g/mol. The first-order chi connectivity index (χ1) is 9.08. The van der Waals surface area contributed by atoms with Crippen LogP contribution in [0.5, 0.6) is 0 Å². The maximum absolute atomic E-state index is 12.1. The van der Waals surface area contributed by atoms with Crippen LogP contribution in [0.3, 0.4) is 0 Å². The molecule has 0 aromatic carbocycles. The van der Waals surface area contributed by atoms with Crippen molar-refractivity contribution in [1.82, 2.24) is 14.9 Å². The van der Waals surface area contributed by atoms with E-state index in [1.54, 1.807) is 18.5 Å². The SMILES string of the molecule is Cc1nc(-c2ccccn2)sc1C(=O)/C=C/N(C)C. The molecular weight excluding hydrogens is 258 g/mol. The van der Waals surface area contributed by atoms with Gasteiger partial charge in [-0.15, -0.1) is 11.3 Å². The van der Waals surface area contributed by atoms with Crippen LogP contribution in [0.25, 0.3) is 10.7 Å². The number of nitrogens with zero attached hydrogens (tertiary/aromatic N) is 3. The van der Waals surface area contributed by atoms with E-state index in [4.69, 9.17) is 0 Å². The number of hydrogen-bond donors (Lipinski definition) is 0. The van der Waals surface area contributed by atoms with Crippen LogP contribution in [0.1, 0.15) is 15.4 Å². The second-order valence-corrected chi connectivity index (χ2v) is 5.29. The Balaban J connectivity index is 2.29. The molecule has 0 aliphatic rings. The molecule has 0 radical (unpaired) electrons. The van der Waals surface area contributed by atoms with Gasteiger partial charge in [0, 0.05) is 32.6 Å². The number of rotatable bonds is 4. The van der Waals surface area contributed by atoms with Crippen LogP contribution in [0.4, 0.5) is 0 Å². The van der Waals surface area contributed by atoms with Gasteiger partial charge in [0.2, 0.25) is 0 Å². The van der Waals surface area contributed by atoms with E-state index in [0.717, 1.165) is 16.4 Å². The Bertz CT molecular complexity index is 602. The summed E-state index contributed by atoms with van der Waals surface area (Å²) in [5, 5.41) is 0.778. The van der Waals surface area contributed by atoms with Gasteiger partial charge in [0.15, 0.2) is 5.78 Å². The number of carbonyl (C=O) groups is 1. The van der Waals surface area contributed by atoms with Crippen LogP contribution in [0, 0.1) is 6.92 Å². The standard InChI is InChI=1S/C14H15N3OS/c1-10-13(12(18)7-9-17(2)3)19-14(16-10)11-6-4-5-8-15-11/h4-9H,1-3H3/b9-7+. The number of thiazole rings is 1. The topological polar surface area (TPSA) is 46.1 Å². The molecule has 0 amide bonds. The summed E-state index contributed by atoms with van der Waals surface area (Å²) in [6.07, 6.45) is 5.02. The fraction of sp³-hybridized carbons (Fsp3) is 0.214. The van der Waals surface area contributed by atoms with Crippen molar-refractivity contribution in [2.45, 2.75) is 6.92 Å². The lowest BCUT2D eigenvalue weighted by atomic mass is 10.3. The van der Waals surface area contributed by atoms with Gasteiger partial charge in [-0.25, -0.2) is 4.98 Å². The summed E-state index contributed by atoms with van der Waals surface area (Å²) in [5.41, 5.74) is 1.55. The zero-order chi connectivity index (χ0) is 13.8. The van der Waals surface area contributed by atoms with Crippen LogP contribution in [-0.4, -0.2) is 34.7 Å². The molecule has 0 N–H and O–H groups in total. The Hall–Kier alpha value is -2.01. The van der Waals surface area contributed by atoms with Crippen molar-refractivity contribution < 1.29 is 4.79 Å². The van der Waals surface area contributed by atoms with Crippen LogP contribution in [0.2, 0.25) is 0 Å². The average Bonchev–Trinajstić information content (AvgIpc) is 2.79. The summed E-state index contributed by atoms with van der Waals surface area (Å²) in [5.74, 6) is -0.0223. The van der Waals surface area contributed by atoms with Crippen molar-refractivity contribution in [3.05, 3.63) is 47.2 Å². The Morgan fingerprint density at radius 3 is 2.79 bits per heavy atom. The molecule has 0 spiro atoms. The number of aromatic nitrogens is 2. The van der Waals surface area contributed by atoms with Crippen LogP contribution < -0.4 is 0 Å². The first kappa shape index (κ1) is 13.4. The van der Waals surface area contributed by atoms with Crippen LogP contribution in [0.15, 0.2) is 36.7 Å². The van der Waals surface area contributed by atoms with E-state index in [1.165, 1.54) is 11.3 Å². The van der Waals surface area contributed by atoms with Gasteiger partial charge in [0.1, 0.15) is 5.01 Å². The minimum atomic E-state index is -0.0223. The molecule has 0 atom stereocenters. The molecule has 2 aromatic heterocycles. The predicted molar refractivity (Wildman–Crippen MR) is 77.2 cm³/mol. The second-order valence-electron chi connectivity index (χ2n) is 4.29. The number of hydrogen-bond acceptors (Lipinski definition) is 5. The Morgan fingerprint density at radius 2 is 2.16 bits per heavy atom. The van der Waals surface area contributed by atoms with E-state index in [-0.39, 0.29) is 5.78 Å².